The Bertz CT molecular complexity index is 1460. The van der Waals surface area contributed by atoms with Crippen LogP contribution in [0.2, 0.25) is 0 Å². The van der Waals surface area contributed by atoms with Crippen molar-refractivity contribution in [3.8, 4) is 22.9 Å². The Balaban J connectivity index is 1.50. The van der Waals surface area contributed by atoms with Crippen molar-refractivity contribution in [2.45, 2.75) is 13.3 Å². The lowest BCUT2D eigenvalue weighted by Gasteiger charge is -2.26. The molecule has 0 saturated carbocycles. The highest BCUT2D eigenvalue weighted by molar-refractivity contribution is 6.07. The van der Waals surface area contributed by atoms with Gasteiger partial charge < -0.3 is 29.7 Å². The van der Waals surface area contributed by atoms with Crippen molar-refractivity contribution in [3.05, 3.63) is 46.2 Å². The maximum absolute atomic E-state index is 13.1. The predicted octanol–water partition coefficient (Wildman–Crippen LogP) is 2.88. The molecule has 3 N–H and O–H groups in total. The molecule has 10 heteroatoms. The highest BCUT2D eigenvalue weighted by Gasteiger charge is 2.20. The second-order valence-electron chi connectivity index (χ2n) is 8.83. The number of hydrogen-bond acceptors (Lipinski definition) is 8. The number of aryl methyl sites for hydroxylation is 1. The van der Waals surface area contributed by atoms with Crippen LogP contribution in [0.15, 0.2) is 35.1 Å². The van der Waals surface area contributed by atoms with Crippen LogP contribution in [0.5, 0.6) is 17.2 Å². The van der Waals surface area contributed by atoms with E-state index in [0.717, 1.165) is 50.5 Å². The van der Waals surface area contributed by atoms with Crippen LogP contribution in [0.3, 0.4) is 0 Å². The van der Waals surface area contributed by atoms with E-state index in [1.165, 1.54) is 0 Å². The summed E-state index contributed by atoms with van der Waals surface area (Å²) in [7, 11) is 3.20. The van der Waals surface area contributed by atoms with Crippen LogP contribution >= 0.6 is 0 Å². The summed E-state index contributed by atoms with van der Waals surface area (Å²) in [5.74, 6) is 2.06. The lowest BCUT2D eigenvalue weighted by Crippen LogP contribution is -2.37. The molecule has 0 unspecified atom stereocenters. The van der Waals surface area contributed by atoms with E-state index in [2.05, 4.69) is 9.88 Å². The number of nitrogens with zero attached hydrogens (tertiary/aromatic N) is 3. The van der Waals surface area contributed by atoms with Gasteiger partial charge in [0.15, 0.2) is 11.5 Å². The van der Waals surface area contributed by atoms with Gasteiger partial charge in [-0.15, -0.1) is 0 Å². The average Bonchev–Trinajstić information content (AvgIpc) is 3.25. The molecule has 1 aliphatic heterocycles. The molecule has 0 amide bonds. The van der Waals surface area contributed by atoms with Crippen LogP contribution < -0.4 is 25.5 Å². The summed E-state index contributed by atoms with van der Waals surface area (Å²) in [6.07, 6.45) is 0.873. The first kappa shape index (κ1) is 24.0. The van der Waals surface area contributed by atoms with Gasteiger partial charge in [0.05, 0.1) is 45.2 Å². The van der Waals surface area contributed by atoms with Crippen molar-refractivity contribution in [2.75, 3.05) is 59.4 Å². The molecule has 2 aromatic carbocycles. The molecule has 4 aromatic rings. The van der Waals surface area contributed by atoms with Gasteiger partial charge >= 0.3 is 0 Å². The van der Waals surface area contributed by atoms with Crippen LogP contribution in [-0.2, 0) is 4.74 Å². The molecule has 36 heavy (non-hydrogen) atoms. The molecular weight excluding hydrogens is 462 g/mol. The normalized spacial score (nSPS) is 14.4. The number of rotatable bonds is 8. The number of methoxy groups -OCH3 is 2. The molecule has 1 aliphatic rings. The lowest BCUT2D eigenvalue weighted by atomic mass is 10.1. The van der Waals surface area contributed by atoms with E-state index in [1.807, 2.05) is 31.2 Å². The van der Waals surface area contributed by atoms with E-state index in [9.17, 15) is 4.79 Å². The first-order valence-corrected chi connectivity index (χ1v) is 12.0. The number of pyridine rings is 1. The Morgan fingerprint density at radius 2 is 1.92 bits per heavy atom. The van der Waals surface area contributed by atoms with E-state index >= 15 is 0 Å². The minimum Gasteiger partial charge on any atom is -0.497 e. The van der Waals surface area contributed by atoms with Gasteiger partial charge in [-0.1, -0.05) is 6.07 Å². The molecule has 0 aliphatic carbocycles. The number of aromatic nitrogens is 3. The van der Waals surface area contributed by atoms with E-state index in [1.54, 1.807) is 25.0 Å². The van der Waals surface area contributed by atoms with Gasteiger partial charge in [0.25, 0.3) is 5.56 Å². The second kappa shape index (κ2) is 10.1. The maximum atomic E-state index is 13.1. The number of H-pyrrole nitrogens is 1. The van der Waals surface area contributed by atoms with Gasteiger partial charge in [-0.3, -0.25) is 9.69 Å². The smallest absolute Gasteiger partial charge is 0.261 e. The zero-order chi connectivity index (χ0) is 25.2. The van der Waals surface area contributed by atoms with Gasteiger partial charge in [0, 0.05) is 37.2 Å². The van der Waals surface area contributed by atoms with Crippen LogP contribution in [0.25, 0.3) is 27.5 Å². The Hall–Kier alpha value is -3.76. The molecule has 3 heterocycles. The number of fused-ring (bicyclic) bond motifs is 3. The number of nitrogen functional groups attached to an aromatic ring is 1. The molecule has 1 fully saturated rings. The number of nitrogens with two attached hydrogens (primary N) is 1. The number of hydrogen-bond donors (Lipinski definition) is 2. The fourth-order valence-corrected chi connectivity index (χ4v) is 4.58. The summed E-state index contributed by atoms with van der Waals surface area (Å²) < 4.78 is 24.0. The van der Waals surface area contributed by atoms with E-state index in [4.69, 9.17) is 29.8 Å². The second-order valence-corrected chi connectivity index (χ2v) is 8.83. The monoisotopic (exact) mass is 493 g/mol. The van der Waals surface area contributed by atoms with Crippen molar-refractivity contribution in [3.63, 3.8) is 0 Å². The summed E-state index contributed by atoms with van der Waals surface area (Å²) in [4.78, 5) is 18.4. The summed E-state index contributed by atoms with van der Waals surface area (Å²) in [6.45, 7) is 6.87. The number of anilines is 1. The van der Waals surface area contributed by atoms with Gasteiger partial charge in [-0.25, -0.2) is 4.68 Å². The van der Waals surface area contributed by atoms with Crippen LogP contribution in [-0.4, -0.2) is 73.3 Å². The standard InChI is InChI=1S/C26H31N5O5/c1-16-5-6-17(33-2)13-20(16)31-25(27)23-24(29-31)18-14-21(34-3)22(15-19(18)28-26(23)32)36-10-4-7-30-8-11-35-12-9-30/h5-6,13-15H,4,7-12,27H2,1-3H3,(H,28,32). The Kier molecular flexibility index (Phi) is 6.71. The predicted molar refractivity (Wildman–Crippen MR) is 139 cm³/mol. The third-order valence-corrected chi connectivity index (χ3v) is 6.58. The van der Waals surface area contributed by atoms with E-state index < -0.39 is 0 Å². The van der Waals surface area contributed by atoms with Gasteiger partial charge in [-0.05, 0) is 31.0 Å². The number of nitrogens with one attached hydrogen (secondary N) is 1. The topological polar surface area (TPSA) is 117 Å². The SMILES string of the molecule is COc1ccc(C)c(-n2nc3c(c2N)c(=O)[nH]c2cc(OCCCN4CCOCC4)c(OC)cc23)c1. The third-order valence-electron chi connectivity index (χ3n) is 6.58. The van der Waals surface area contributed by atoms with E-state index in [-0.39, 0.29) is 11.4 Å². The molecule has 0 spiro atoms. The minimum atomic E-state index is -0.315. The Morgan fingerprint density at radius 1 is 1.11 bits per heavy atom. The van der Waals surface area contributed by atoms with Crippen LogP contribution in [0, 0.1) is 6.92 Å². The largest absolute Gasteiger partial charge is 0.497 e. The van der Waals surface area contributed by atoms with Crippen molar-refractivity contribution < 1.29 is 18.9 Å². The average molecular weight is 494 g/mol. The molecule has 190 valence electrons. The van der Waals surface area contributed by atoms with Crippen molar-refractivity contribution in [1.29, 1.82) is 0 Å². The molecular formula is C26H31N5O5. The van der Waals surface area contributed by atoms with Gasteiger partial charge in [0.2, 0.25) is 0 Å². The Morgan fingerprint density at radius 3 is 2.67 bits per heavy atom. The number of benzene rings is 2. The Labute approximate surface area is 208 Å². The molecule has 0 atom stereocenters. The van der Waals surface area contributed by atoms with Crippen LogP contribution in [0.4, 0.5) is 5.82 Å². The molecule has 2 aromatic heterocycles. The van der Waals surface area contributed by atoms with E-state index in [0.29, 0.717) is 45.7 Å². The van der Waals surface area contributed by atoms with Gasteiger partial charge in [0.1, 0.15) is 22.5 Å². The lowest BCUT2D eigenvalue weighted by molar-refractivity contribution is 0.0357. The molecule has 0 bridgehead atoms. The number of morpholine rings is 1. The molecule has 10 nitrogen and oxygen atoms in total. The zero-order valence-electron chi connectivity index (χ0n) is 20.8. The molecule has 5 rings (SSSR count). The van der Waals surface area contributed by atoms with Crippen LogP contribution in [0.1, 0.15) is 12.0 Å². The van der Waals surface area contributed by atoms with Crippen molar-refractivity contribution in [1.82, 2.24) is 19.7 Å². The summed E-state index contributed by atoms with van der Waals surface area (Å²) in [6, 6.07) is 9.26. The minimum absolute atomic E-state index is 0.256. The fraction of sp³-hybridized carbons (Fsp3) is 0.385. The maximum Gasteiger partial charge on any atom is 0.261 e. The first-order valence-electron chi connectivity index (χ1n) is 12.0. The molecule has 0 radical (unpaired) electrons. The first-order chi connectivity index (χ1) is 17.5. The van der Waals surface area contributed by atoms with Crippen molar-refractivity contribution in [2.24, 2.45) is 0 Å². The highest BCUT2D eigenvalue weighted by Crippen LogP contribution is 2.35. The fourth-order valence-electron chi connectivity index (χ4n) is 4.58. The number of aromatic amines is 1. The van der Waals surface area contributed by atoms with Gasteiger partial charge in [-0.2, -0.15) is 5.10 Å². The summed E-state index contributed by atoms with van der Waals surface area (Å²) in [5.41, 5.74) is 8.90. The summed E-state index contributed by atoms with van der Waals surface area (Å²) in [5, 5.41) is 5.78. The third kappa shape index (κ3) is 4.45. The summed E-state index contributed by atoms with van der Waals surface area (Å²) >= 11 is 0. The van der Waals surface area contributed by atoms with Crippen molar-refractivity contribution >= 4 is 27.6 Å². The quantitative estimate of drug-likeness (QED) is 0.360. The zero-order valence-corrected chi connectivity index (χ0v) is 20.8. The highest BCUT2D eigenvalue weighted by atomic mass is 16.5. The number of ether oxygens (including phenoxy) is 4. The molecule has 1 saturated heterocycles.